The number of hydrogen-bond acceptors (Lipinski definition) is 6. The average Bonchev–Trinajstić information content (AvgIpc) is 3.27. The van der Waals surface area contributed by atoms with Crippen LogP contribution in [0.3, 0.4) is 0 Å². The first-order valence-electron chi connectivity index (χ1n) is 9.05. The highest BCUT2D eigenvalue weighted by Crippen LogP contribution is 2.23. The number of thiophene rings is 1. The first kappa shape index (κ1) is 22.1. The summed E-state index contributed by atoms with van der Waals surface area (Å²) in [4.78, 5) is 23.9. The van der Waals surface area contributed by atoms with E-state index in [-0.39, 0.29) is 21.4 Å². The summed E-state index contributed by atoms with van der Waals surface area (Å²) in [6, 6.07) is 16.3. The Hall–Kier alpha value is -3.63. The maximum atomic E-state index is 12.7. The van der Waals surface area contributed by atoms with E-state index in [2.05, 4.69) is 27.5 Å². The summed E-state index contributed by atoms with van der Waals surface area (Å²) in [6.07, 6.45) is 0. The standard InChI is InChI=1S/C21H20N4O4S2/c1-14(16-7-5-8-17(13-16)22-15(2)26)23-24-21(27)18-9-3-4-10-19(18)25-31(28,29)20-11-6-12-30-20/h3-13,23,25H,1H2,2H3,(H,22,26)(H,24,27). The first-order chi connectivity index (χ1) is 14.8. The highest BCUT2D eigenvalue weighted by atomic mass is 32.2. The monoisotopic (exact) mass is 456 g/mol. The van der Waals surface area contributed by atoms with E-state index in [1.165, 1.54) is 25.1 Å². The number of hydrazine groups is 1. The van der Waals surface area contributed by atoms with Gasteiger partial charge in [0, 0.05) is 18.2 Å². The van der Waals surface area contributed by atoms with Gasteiger partial charge in [-0.05, 0) is 35.7 Å². The van der Waals surface area contributed by atoms with Crippen LogP contribution in [0.25, 0.3) is 5.70 Å². The molecule has 10 heteroatoms. The van der Waals surface area contributed by atoms with Crippen molar-refractivity contribution < 1.29 is 18.0 Å². The van der Waals surface area contributed by atoms with Crippen LogP contribution in [0.5, 0.6) is 0 Å². The highest BCUT2D eigenvalue weighted by Gasteiger charge is 2.19. The fraction of sp³-hybridized carbons (Fsp3) is 0.0476. The van der Waals surface area contributed by atoms with E-state index in [4.69, 9.17) is 0 Å². The molecular formula is C21H20N4O4S2. The minimum absolute atomic E-state index is 0.134. The van der Waals surface area contributed by atoms with Gasteiger partial charge >= 0.3 is 0 Å². The van der Waals surface area contributed by atoms with Crippen molar-refractivity contribution in [3.05, 3.63) is 83.7 Å². The minimum Gasteiger partial charge on any atom is -0.326 e. The molecule has 0 spiro atoms. The van der Waals surface area contributed by atoms with Crippen molar-refractivity contribution in [3.63, 3.8) is 0 Å². The number of carbonyl (C=O) groups excluding carboxylic acids is 2. The van der Waals surface area contributed by atoms with Crippen molar-refractivity contribution in [2.24, 2.45) is 0 Å². The lowest BCUT2D eigenvalue weighted by Crippen LogP contribution is -2.36. The first-order valence-corrected chi connectivity index (χ1v) is 11.4. The molecule has 0 fully saturated rings. The van der Waals surface area contributed by atoms with Crippen molar-refractivity contribution in [2.45, 2.75) is 11.1 Å². The van der Waals surface area contributed by atoms with Gasteiger partial charge in [-0.3, -0.25) is 25.2 Å². The van der Waals surface area contributed by atoms with E-state index < -0.39 is 15.9 Å². The van der Waals surface area contributed by atoms with Crippen LogP contribution in [0.15, 0.2) is 76.8 Å². The number of nitrogens with one attached hydrogen (secondary N) is 4. The molecule has 2 aromatic carbocycles. The third kappa shape index (κ3) is 5.71. The van der Waals surface area contributed by atoms with E-state index in [1.807, 2.05) is 0 Å². The SMILES string of the molecule is C=C(NNC(=O)c1ccccc1NS(=O)(=O)c1cccs1)c1cccc(NC(C)=O)c1. The Bertz CT molecular complexity index is 1220. The minimum atomic E-state index is -3.80. The number of benzene rings is 2. The zero-order chi connectivity index (χ0) is 22.4. The quantitative estimate of drug-likeness (QED) is 0.388. The molecule has 4 N–H and O–H groups in total. The fourth-order valence-electron chi connectivity index (χ4n) is 2.64. The summed E-state index contributed by atoms with van der Waals surface area (Å²) in [7, 11) is -3.80. The maximum Gasteiger partial charge on any atom is 0.271 e. The van der Waals surface area contributed by atoms with Crippen LogP contribution in [0.4, 0.5) is 11.4 Å². The summed E-state index contributed by atoms with van der Waals surface area (Å²) in [5.41, 5.74) is 7.13. The fourth-order valence-corrected chi connectivity index (χ4v) is 4.71. The molecule has 3 rings (SSSR count). The van der Waals surface area contributed by atoms with E-state index in [0.717, 1.165) is 11.3 Å². The van der Waals surface area contributed by atoms with Crippen LogP contribution < -0.4 is 20.9 Å². The van der Waals surface area contributed by atoms with Crippen molar-refractivity contribution in [2.75, 3.05) is 10.0 Å². The number of para-hydroxylation sites is 1. The predicted molar refractivity (Wildman–Crippen MR) is 122 cm³/mol. The molecule has 3 aromatic rings. The van der Waals surface area contributed by atoms with Gasteiger partial charge in [0.1, 0.15) is 4.21 Å². The molecule has 1 heterocycles. The number of anilines is 2. The van der Waals surface area contributed by atoms with Gasteiger partial charge < -0.3 is 5.32 Å². The highest BCUT2D eigenvalue weighted by molar-refractivity contribution is 7.94. The van der Waals surface area contributed by atoms with Gasteiger partial charge in [0.15, 0.2) is 0 Å². The molecule has 0 radical (unpaired) electrons. The molecule has 0 saturated carbocycles. The largest absolute Gasteiger partial charge is 0.326 e. The van der Waals surface area contributed by atoms with Crippen molar-refractivity contribution >= 4 is 50.2 Å². The summed E-state index contributed by atoms with van der Waals surface area (Å²) >= 11 is 1.08. The summed E-state index contributed by atoms with van der Waals surface area (Å²) in [5.74, 6) is -0.755. The summed E-state index contributed by atoms with van der Waals surface area (Å²) in [6.45, 7) is 5.28. The molecule has 0 atom stereocenters. The Morgan fingerprint density at radius 3 is 2.45 bits per heavy atom. The topological polar surface area (TPSA) is 116 Å². The molecule has 0 aliphatic heterocycles. The molecular weight excluding hydrogens is 436 g/mol. The number of sulfonamides is 1. The third-order valence-corrected chi connectivity index (χ3v) is 6.80. The molecule has 0 bridgehead atoms. The van der Waals surface area contributed by atoms with Crippen molar-refractivity contribution in [1.29, 1.82) is 0 Å². The molecule has 0 aliphatic carbocycles. The van der Waals surface area contributed by atoms with E-state index in [1.54, 1.807) is 47.8 Å². The van der Waals surface area contributed by atoms with Gasteiger partial charge in [0.25, 0.3) is 15.9 Å². The van der Waals surface area contributed by atoms with Gasteiger partial charge in [0.2, 0.25) is 5.91 Å². The van der Waals surface area contributed by atoms with Gasteiger partial charge in [-0.25, -0.2) is 8.42 Å². The number of amides is 2. The zero-order valence-electron chi connectivity index (χ0n) is 16.5. The second kappa shape index (κ2) is 9.45. The Morgan fingerprint density at radius 1 is 0.968 bits per heavy atom. The second-order valence-corrected chi connectivity index (χ2v) is 9.26. The smallest absolute Gasteiger partial charge is 0.271 e. The lowest BCUT2D eigenvalue weighted by molar-refractivity contribution is -0.114. The van der Waals surface area contributed by atoms with Gasteiger partial charge in [-0.15, -0.1) is 11.3 Å². The number of hydrogen-bond donors (Lipinski definition) is 4. The third-order valence-electron chi connectivity index (χ3n) is 4.03. The molecule has 0 unspecified atom stereocenters. The summed E-state index contributed by atoms with van der Waals surface area (Å²) < 4.78 is 27.6. The lowest BCUT2D eigenvalue weighted by Gasteiger charge is -2.15. The normalized spacial score (nSPS) is 10.7. The molecule has 2 amide bonds. The van der Waals surface area contributed by atoms with Crippen LogP contribution in [0.2, 0.25) is 0 Å². The lowest BCUT2D eigenvalue weighted by atomic mass is 10.1. The van der Waals surface area contributed by atoms with Crippen LogP contribution in [-0.2, 0) is 14.8 Å². The number of carbonyl (C=O) groups is 2. The van der Waals surface area contributed by atoms with Crippen LogP contribution >= 0.6 is 11.3 Å². The van der Waals surface area contributed by atoms with Crippen LogP contribution in [0, 0.1) is 0 Å². The molecule has 0 aliphatic rings. The van der Waals surface area contributed by atoms with E-state index >= 15 is 0 Å². The van der Waals surface area contributed by atoms with Crippen molar-refractivity contribution in [3.8, 4) is 0 Å². The van der Waals surface area contributed by atoms with Crippen LogP contribution in [0.1, 0.15) is 22.8 Å². The molecule has 160 valence electrons. The molecule has 1 aromatic heterocycles. The maximum absolute atomic E-state index is 12.7. The Labute approximate surface area is 184 Å². The Kier molecular flexibility index (Phi) is 6.73. The van der Waals surface area contributed by atoms with Crippen LogP contribution in [-0.4, -0.2) is 20.2 Å². The Morgan fingerprint density at radius 2 is 1.74 bits per heavy atom. The van der Waals surface area contributed by atoms with E-state index in [9.17, 15) is 18.0 Å². The predicted octanol–water partition coefficient (Wildman–Crippen LogP) is 3.41. The molecule has 0 saturated heterocycles. The molecule has 31 heavy (non-hydrogen) atoms. The van der Waals surface area contributed by atoms with E-state index in [0.29, 0.717) is 16.9 Å². The van der Waals surface area contributed by atoms with Gasteiger partial charge in [-0.1, -0.05) is 36.9 Å². The Balaban J connectivity index is 1.70. The van der Waals surface area contributed by atoms with Gasteiger partial charge in [0.05, 0.1) is 16.9 Å². The zero-order valence-corrected chi connectivity index (χ0v) is 18.1. The second-order valence-electron chi connectivity index (χ2n) is 6.40. The average molecular weight is 457 g/mol. The molecule has 8 nitrogen and oxygen atoms in total. The van der Waals surface area contributed by atoms with Gasteiger partial charge in [-0.2, -0.15) is 0 Å². The van der Waals surface area contributed by atoms with Crippen molar-refractivity contribution in [1.82, 2.24) is 10.9 Å². The number of rotatable bonds is 8. The summed E-state index contributed by atoms with van der Waals surface area (Å²) in [5, 5.41) is 4.33.